The molecule has 0 amide bonds. The number of hydrogen-bond donors (Lipinski definition) is 0. The zero-order valence-corrected chi connectivity index (χ0v) is 11.5. The lowest BCUT2D eigenvalue weighted by molar-refractivity contribution is -0.127. The van der Waals surface area contributed by atoms with E-state index in [9.17, 15) is 4.79 Å². The van der Waals surface area contributed by atoms with E-state index in [2.05, 4.69) is 41.3 Å². The Morgan fingerprint density at radius 2 is 1.60 bits per heavy atom. The van der Waals surface area contributed by atoms with Gasteiger partial charge in [-0.1, -0.05) is 60.7 Å². The third-order valence-corrected chi connectivity index (χ3v) is 3.88. The van der Waals surface area contributed by atoms with Crippen LogP contribution >= 0.6 is 0 Å². The van der Waals surface area contributed by atoms with Crippen LogP contribution in [-0.4, -0.2) is 17.2 Å². The molecule has 1 atom stereocenters. The second-order valence-electron chi connectivity index (χ2n) is 5.34. The molecule has 0 aromatic heterocycles. The van der Waals surface area contributed by atoms with Crippen LogP contribution in [0.15, 0.2) is 60.7 Å². The summed E-state index contributed by atoms with van der Waals surface area (Å²) in [5.41, 5.74) is 2.39. The van der Waals surface area contributed by atoms with Crippen molar-refractivity contribution >= 4 is 5.78 Å². The Hall–Kier alpha value is -1.93. The van der Waals surface area contributed by atoms with Crippen molar-refractivity contribution in [2.75, 3.05) is 6.54 Å². The van der Waals surface area contributed by atoms with Crippen LogP contribution in [0.25, 0.3) is 0 Å². The summed E-state index contributed by atoms with van der Waals surface area (Å²) in [7, 11) is 0. The van der Waals surface area contributed by atoms with Crippen LogP contribution in [0.3, 0.4) is 0 Å². The van der Waals surface area contributed by atoms with Crippen molar-refractivity contribution in [2.45, 2.75) is 25.4 Å². The summed E-state index contributed by atoms with van der Waals surface area (Å²) >= 11 is 0. The van der Waals surface area contributed by atoms with E-state index in [1.165, 1.54) is 5.56 Å². The van der Waals surface area contributed by atoms with Crippen molar-refractivity contribution in [3.63, 3.8) is 0 Å². The van der Waals surface area contributed by atoms with E-state index in [4.69, 9.17) is 0 Å². The van der Waals surface area contributed by atoms with E-state index in [-0.39, 0.29) is 6.04 Å². The first kappa shape index (κ1) is 13.1. The lowest BCUT2D eigenvalue weighted by Crippen LogP contribution is -2.38. The van der Waals surface area contributed by atoms with Crippen LogP contribution in [0, 0.1) is 0 Å². The molecule has 2 heteroatoms. The maximum Gasteiger partial charge on any atom is 0.154 e. The largest absolute Gasteiger partial charge is 0.298 e. The van der Waals surface area contributed by atoms with Crippen LogP contribution in [0.1, 0.15) is 30.0 Å². The molecule has 1 aliphatic heterocycles. The zero-order valence-electron chi connectivity index (χ0n) is 11.5. The predicted molar refractivity (Wildman–Crippen MR) is 80.3 cm³/mol. The van der Waals surface area contributed by atoms with Gasteiger partial charge < -0.3 is 0 Å². The highest BCUT2D eigenvalue weighted by Gasteiger charge is 2.30. The SMILES string of the molecule is O=C1CCCN(Cc2ccccc2)[C@H]1c1ccccc1. The quantitative estimate of drug-likeness (QED) is 0.845. The van der Waals surface area contributed by atoms with Crippen molar-refractivity contribution in [1.82, 2.24) is 4.90 Å². The smallest absolute Gasteiger partial charge is 0.154 e. The van der Waals surface area contributed by atoms with Gasteiger partial charge in [0.25, 0.3) is 0 Å². The average molecular weight is 265 g/mol. The summed E-state index contributed by atoms with van der Waals surface area (Å²) in [4.78, 5) is 14.7. The fourth-order valence-corrected chi connectivity index (χ4v) is 2.95. The minimum absolute atomic E-state index is 0.0786. The summed E-state index contributed by atoms with van der Waals surface area (Å²) in [5.74, 6) is 0.346. The van der Waals surface area contributed by atoms with Gasteiger partial charge >= 0.3 is 0 Å². The van der Waals surface area contributed by atoms with E-state index in [0.717, 1.165) is 25.1 Å². The second-order valence-corrected chi connectivity index (χ2v) is 5.34. The van der Waals surface area contributed by atoms with Crippen LogP contribution in [-0.2, 0) is 11.3 Å². The Morgan fingerprint density at radius 1 is 0.950 bits per heavy atom. The number of carbonyl (C=O) groups excluding carboxylic acids is 1. The van der Waals surface area contributed by atoms with Crippen molar-refractivity contribution < 1.29 is 4.79 Å². The van der Waals surface area contributed by atoms with Gasteiger partial charge in [-0.25, -0.2) is 0 Å². The molecule has 0 aliphatic carbocycles. The summed E-state index contributed by atoms with van der Waals surface area (Å²) in [6.07, 6.45) is 1.67. The molecule has 0 spiro atoms. The van der Waals surface area contributed by atoms with Gasteiger partial charge in [-0.2, -0.15) is 0 Å². The van der Waals surface area contributed by atoms with E-state index in [1.807, 2.05) is 24.3 Å². The van der Waals surface area contributed by atoms with E-state index in [1.54, 1.807) is 0 Å². The molecule has 2 aromatic rings. The minimum atomic E-state index is -0.0786. The third kappa shape index (κ3) is 2.81. The van der Waals surface area contributed by atoms with Gasteiger partial charge in [0.1, 0.15) is 0 Å². The fourth-order valence-electron chi connectivity index (χ4n) is 2.95. The van der Waals surface area contributed by atoms with Crippen LogP contribution in [0.2, 0.25) is 0 Å². The molecule has 3 rings (SSSR count). The Morgan fingerprint density at radius 3 is 2.30 bits per heavy atom. The highest BCUT2D eigenvalue weighted by molar-refractivity contribution is 5.86. The molecular weight excluding hydrogens is 246 g/mol. The number of piperidine rings is 1. The minimum Gasteiger partial charge on any atom is -0.298 e. The van der Waals surface area contributed by atoms with Crippen molar-refractivity contribution in [3.05, 3.63) is 71.8 Å². The summed E-state index contributed by atoms with van der Waals surface area (Å²) in [6.45, 7) is 1.83. The normalized spacial score (nSPS) is 20.0. The predicted octanol–water partition coefficient (Wildman–Crippen LogP) is 3.59. The van der Waals surface area contributed by atoms with Gasteiger partial charge in [0.2, 0.25) is 0 Å². The van der Waals surface area contributed by atoms with Gasteiger partial charge in [0, 0.05) is 13.0 Å². The Balaban J connectivity index is 1.85. The molecule has 0 radical (unpaired) electrons. The third-order valence-electron chi connectivity index (χ3n) is 3.88. The highest BCUT2D eigenvalue weighted by Crippen LogP contribution is 2.29. The zero-order chi connectivity index (χ0) is 13.8. The maximum atomic E-state index is 12.4. The monoisotopic (exact) mass is 265 g/mol. The second kappa shape index (κ2) is 6.02. The molecule has 1 saturated heterocycles. The van der Waals surface area contributed by atoms with Gasteiger partial charge in [-0.3, -0.25) is 9.69 Å². The first-order valence-electron chi connectivity index (χ1n) is 7.20. The van der Waals surface area contributed by atoms with Crippen molar-refractivity contribution in [2.24, 2.45) is 0 Å². The molecule has 20 heavy (non-hydrogen) atoms. The molecule has 0 bridgehead atoms. The van der Waals surface area contributed by atoms with E-state index < -0.39 is 0 Å². The molecule has 102 valence electrons. The average Bonchev–Trinajstić information content (AvgIpc) is 2.49. The Kier molecular flexibility index (Phi) is 3.93. The maximum absolute atomic E-state index is 12.4. The Bertz CT molecular complexity index is 564. The van der Waals surface area contributed by atoms with Crippen LogP contribution in [0.5, 0.6) is 0 Å². The summed E-state index contributed by atoms with van der Waals surface area (Å²) in [5, 5.41) is 0. The lowest BCUT2D eigenvalue weighted by Gasteiger charge is -2.34. The fraction of sp³-hybridized carbons (Fsp3) is 0.278. The lowest BCUT2D eigenvalue weighted by atomic mass is 9.93. The number of carbonyl (C=O) groups is 1. The van der Waals surface area contributed by atoms with Gasteiger partial charge in [0.15, 0.2) is 5.78 Å². The number of hydrogen-bond acceptors (Lipinski definition) is 2. The first-order valence-corrected chi connectivity index (χ1v) is 7.20. The summed E-state index contributed by atoms with van der Waals surface area (Å²) in [6, 6.07) is 20.5. The molecule has 1 heterocycles. The van der Waals surface area contributed by atoms with Crippen molar-refractivity contribution in [3.8, 4) is 0 Å². The Labute approximate surface area is 120 Å². The summed E-state index contributed by atoms with van der Waals surface area (Å²) < 4.78 is 0. The van der Waals surface area contributed by atoms with E-state index in [0.29, 0.717) is 12.2 Å². The van der Waals surface area contributed by atoms with Gasteiger partial charge in [0.05, 0.1) is 6.04 Å². The topological polar surface area (TPSA) is 20.3 Å². The van der Waals surface area contributed by atoms with Gasteiger partial charge in [-0.05, 0) is 24.1 Å². The van der Waals surface area contributed by atoms with Crippen molar-refractivity contribution in [1.29, 1.82) is 0 Å². The van der Waals surface area contributed by atoms with Gasteiger partial charge in [-0.15, -0.1) is 0 Å². The number of Topliss-reactive ketones (excluding diaryl/α,β-unsaturated/α-hetero) is 1. The number of ketones is 1. The molecular formula is C18H19NO. The highest BCUT2D eigenvalue weighted by atomic mass is 16.1. The van der Waals surface area contributed by atoms with Crippen LogP contribution < -0.4 is 0 Å². The molecule has 0 saturated carbocycles. The molecule has 1 aliphatic rings. The number of likely N-dealkylation sites (tertiary alicyclic amines) is 1. The molecule has 2 aromatic carbocycles. The number of rotatable bonds is 3. The molecule has 0 N–H and O–H groups in total. The molecule has 1 fully saturated rings. The first-order chi connectivity index (χ1) is 9.84. The molecule has 2 nitrogen and oxygen atoms in total. The standard InChI is InChI=1S/C18H19NO/c20-17-12-7-13-19(14-15-8-3-1-4-9-15)18(17)16-10-5-2-6-11-16/h1-6,8-11,18H,7,12-14H2/t18-/m0/s1. The van der Waals surface area contributed by atoms with Crippen LogP contribution in [0.4, 0.5) is 0 Å². The number of nitrogens with zero attached hydrogens (tertiary/aromatic N) is 1. The number of benzene rings is 2. The molecule has 0 unspecified atom stereocenters. The van der Waals surface area contributed by atoms with E-state index >= 15 is 0 Å².